The number of nitrogen functional groups attached to an aromatic ring is 1. The van der Waals surface area contributed by atoms with Crippen LogP contribution in [0, 0.1) is 10.1 Å². The van der Waals surface area contributed by atoms with Crippen LogP contribution >= 0.6 is 0 Å². The first kappa shape index (κ1) is 29.6. The Hall–Kier alpha value is -4.61. The van der Waals surface area contributed by atoms with Crippen molar-refractivity contribution >= 4 is 35.1 Å². The van der Waals surface area contributed by atoms with E-state index in [2.05, 4.69) is 18.1 Å². The SMILES string of the molecule is C=CCOc1cc(N(Cc2cccc(N(CC=C)C(=O)OC(C)(C)C)c2)C(=O)OCC)c([N+](=O)[O-])c(N)n1. The maximum absolute atomic E-state index is 13.0. The van der Waals surface area contributed by atoms with Crippen LogP contribution in [0.25, 0.3) is 0 Å². The van der Waals surface area contributed by atoms with Crippen LogP contribution in [0.2, 0.25) is 0 Å². The molecule has 12 heteroatoms. The molecular weight excluding hydrogens is 494 g/mol. The first-order chi connectivity index (χ1) is 17.9. The van der Waals surface area contributed by atoms with Gasteiger partial charge in [-0.1, -0.05) is 30.9 Å². The number of anilines is 3. The maximum atomic E-state index is 13.0. The van der Waals surface area contributed by atoms with E-state index in [1.165, 1.54) is 17.0 Å². The van der Waals surface area contributed by atoms with Crippen molar-refractivity contribution in [1.29, 1.82) is 0 Å². The topological polar surface area (TPSA) is 150 Å². The van der Waals surface area contributed by atoms with Gasteiger partial charge in [-0.15, -0.1) is 6.58 Å². The summed E-state index contributed by atoms with van der Waals surface area (Å²) in [5.41, 5.74) is 5.41. The first-order valence-electron chi connectivity index (χ1n) is 11.7. The van der Waals surface area contributed by atoms with E-state index >= 15 is 0 Å². The molecule has 0 saturated carbocycles. The van der Waals surface area contributed by atoms with E-state index in [9.17, 15) is 19.7 Å². The fourth-order valence-electron chi connectivity index (χ4n) is 3.32. The van der Waals surface area contributed by atoms with Crippen molar-refractivity contribution in [3.8, 4) is 5.88 Å². The van der Waals surface area contributed by atoms with E-state index in [1.54, 1.807) is 58.0 Å². The van der Waals surface area contributed by atoms with E-state index in [4.69, 9.17) is 19.9 Å². The van der Waals surface area contributed by atoms with Gasteiger partial charge in [0, 0.05) is 18.3 Å². The van der Waals surface area contributed by atoms with E-state index in [0.717, 1.165) is 4.90 Å². The highest BCUT2D eigenvalue weighted by atomic mass is 16.6. The lowest BCUT2D eigenvalue weighted by molar-refractivity contribution is -0.383. The molecular formula is C26H33N5O7. The van der Waals surface area contributed by atoms with Crippen LogP contribution in [0.15, 0.2) is 55.6 Å². The van der Waals surface area contributed by atoms with Gasteiger partial charge in [-0.3, -0.25) is 19.9 Å². The van der Waals surface area contributed by atoms with Crippen molar-refractivity contribution in [3.05, 3.63) is 71.3 Å². The van der Waals surface area contributed by atoms with E-state index < -0.39 is 34.2 Å². The predicted octanol–water partition coefficient (Wildman–Crippen LogP) is 5.23. The van der Waals surface area contributed by atoms with Crippen LogP contribution in [-0.2, 0) is 16.0 Å². The molecule has 204 valence electrons. The van der Waals surface area contributed by atoms with Gasteiger partial charge in [-0.05, 0) is 45.4 Å². The number of hydrogen-bond acceptors (Lipinski definition) is 9. The standard InChI is InChI=1S/C26H33N5O7/c1-7-13-29(25(33)38-26(4,5)6)19-12-10-11-18(15-19)17-30(24(32)36-9-3)20-16-21(37-14-8-2)28-23(27)22(20)31(34)35/h7-8,10-12,15-16H,1-2,9,13-14,17H2,3-6H3,(H2,27,28). The normalized spacial score (nSPS) is 10.7. The van der Waals surface area contributed by atoms with Gasteiger partial charge in [0.15, 0.2) is 0 Å². The Morgan fingerprint density at radius 3 is 2.45 bits per heavy atom. The summed E-state index contributed by atoms with van der Waals surface area (Å²) < 4.78 is 16.1. The van der Waals surface area contributed by atoms with Crippen LogP contribution in [-0.4, -0.2) is 47.5 Å². The van der Waals surface area contributed by atoms with Gasteiger partial charge in [0.05, 0.1) is 18.1 Å². The van der Waals surface area contributed by atoms with Gasteiger partial charge >= 0.3 is 17.9 Å². The minimum atomic E-state index is -0.851. The molecule has 1 aromatic carbocycles. The number of pyridine rings is 1. The second kappa shape index (κ2) is 13.1. The quantitative estimate of drug-likeness (QED) is 0.235. The number of amides is 2. The van der Waals surface area contributed by atoms with Crippen LogP contribution in [0.4, 0.5) is 32.5 Å². The molecule has 0 aliphatic heterocycles. The summed E-state index contributed by atoms with van der Waals surface area (Å²) in [7, 11) is 0. The van der Waals surface area contributed by atoms with Gasteiger partial charge < -0.3 is 19.9 Å². The summed E-state index contributed by atoms with van der Waals surface area (Å²) in [5.74, 6) is -0.468. The van der Waals surface area contributed by atoms with E-state index in [0.29, 0.717) is 11.3 Å². The largest absolute Gasteiger partial charge is 0.473 e. The van der Waals surface area contributed by atoms with Crippen molar-refractivity contribution < 1.29 is 28.7 Å². The Labute approximate surface area is 221 Å². The van der Waals surface area contributed by atoms with Crippen molar-refractivity contribution in [2.75, 3.05) is 35.3 Å². The molecule has 0 bridgehead atoms. The van der Waals surface area contributed by atoms with Crippen LogP contribution < -0.4 is 20.3 Å². The highest BCUT2D eigenvalue weighted by Crippen LogP contribution is 2.37. The predicted molar refractivity (Wildman–Crippen MR) is 144 cm³/mol. The molecule has 0 aliphatic rings. The fourth-order valence-corrected chi connectivity index (χ4v) is 3.32. The molecule has 2 rings (SSSR count). The Kier molecular flexibility index (Phi) is 10.2. The Bertz CT molecular complexity index is 1190. The molecule has 0 atom stereocenters. The molecule has 0 saturated heterocycles. The van der Waals surface area contributed by atoms with Crippen LogP contribution in [0.5, 0.6) is 5.88 Å². The third kappa shape index (κ3) is 7.95. The van der Waals surface area contributed by atoms with Crippen molar-refractivity contribution in [1.82, 2.24) is 4.98 Å². The fraction of sp³-hybridized carbons (Fsp3) is 0.346. The lowest BCUT2D eigenvalue weighted by atomic mass is 10.1. The maximum Gasteiger partial charge on any atom is 0.415 e. The molecule has 0 aliphatic carbocycles. The van der Waals surface area contributed by atoms with Crippen LogP contribution in [0.1, 0.15) is 33.3 Å². The number of rotatable bonds is 11. The number of benzene rings is 1. The van der Waals surface area contributed by atoms with Crippen LogP contribution in [0.3, 0.4) is 0 Å². The van der Waals surface area contributed by atoms with E-state index in [-0.39, 0.29) is 37.9 Å². The molecule has 12 nitrogen and oxygen atoms in total. The molecule has 38 heavy (non-hydrogen) atoms. The minimum absolute atomic E-state index is 0.0231. The Balaban J connectivity index is 2.57. The summed E-state index contributed by atoms with van der Waals surface area (Å²) in [5, 5.41) is 11.9. The molecule has 2 amide bonds. The molecule has 1 aromatic heterocycles. The average Bonchev–Trinajstić information content (AvgIpc) is 2.83. The molecule has 0 spiro atoms. The number of carbonyl (C=O) groups is 2. The lowest BCUT2D eigenvalue weighted by Gasteiger charge is -2.27. The summed E-state index contributed by atoms with van der Waals surface area (Å²) in [6, 6.07) is 7.97. The number of nitrogens with zero attached hydrogens (tertiary/aromatic N) is 4. The number of nitrogens with two attached hydrogens (primary N) is 1. The summed E-state index contributed by atoms with van der Waals surface area (Å²) in [6.45, 7) is 14.2. The smallest absolute Gasteiger partial charge is 0.415 e. The Morgan fingerprint density at radius 2 is 1.87 bits per heavy atom. The molecule has 2 aromatic rings. The monoisotopic (exact) mass is 527 g/mol. The van der Waals surface area contributed by atoms with Crippen molar-refractivity contribution in [2.24, 2.45) is 0 Å². The van der Waals surface area contributed by atoms with Gasteiger partial charge in [0.1, 0.15) is 17.9 Å². The number of ether oxygens (including phenoxy) is 3. The second-order valence-corrected chi connectivity index (χ2v) is 8.90. The lowest BCUT2D eigenvalue weighted by Crippen LogP contribution is -2.37. The zero-order valence-electron chi connectivity index (χ0n) is 22.0. The molecule has 0 radical (unpaired) electrons. The van der Waals surface area contributed by atoms with Crippen molar-refractivity contribution in [3.63, 3.8) is 0 Å². The summed E-state index contributed by atoms with van der Waals surface area (Å²) in [4.78, 5) is 43.4. The summed E-state index contributed by atoms with van der Waals surface area (Å²) in [6.07, 6.45) is 1.58. The molecule has 0 fully saturated rings. The highest BCUT2D eigenvalue weighted by Gasteiger charge is 2.31. The average molecular weight is 528 g/mol. The second-order valence-electron chi connectivity index (χ2n) is 8.90. The first-order valence-corrected chi connectivity index (χ1v) is 11.7. The number of aromatic nitrogens is 1. The van der Waals surface area contributed by atoms with E-state index in [1.807, 2.05) is 0 Å². The molecule has 1 heterocycles. The molecule has 2 N–H and O–H groups in total. The number of nitro groups is 1. The highest BCUT2D eigenvalue weighted by molar-refractivity contribution is 5.93. The third-order valence-corrected chi connectivity index (χ3v) is 4.78. The molecule has 0 unspecified atom stereocenters. The van der Waals surface area contributed by atoms with Gasteiger partial charge in [-0.25, -0.2) is 9.59 Å². The van der Waals surface area contributed by atoms with Gasteiger partial charge in [0.2, 0.25) is 11.7 Å². The summed E-state index contributed by atoms with van der Waals surface area (Å²) >= 11 is 0. The zero-order chi connectivity index (χ0) is 28.5. The zero-order valence-corrected chi connectivity index (χ0v) is 22.0. The number of carbonyl (C=O) groups excluding carboxylic acids is 2. The van der Waals surface area contributed by atoms with Gasteiger partial charge in [0.25, 0.3) is 0 Å². The third-order valence-electron chi connectivity index (χ3n) is 4.78. The minimum Gasteiger partial charge on any atom is -0.473 e. The van der Waals surface area contributed by atoms with Crippen molar-refractivity contribution in [2.45, 2.75) is 39.8 Å². The number of hydrogen-bond donors (Lipinski definition) is 1. The van der Waals surface area contributed by atoms with Gasteiger partial charge in [-0.2, -0.15) is 4.98 Å². The Morgan fingerprint density at radius 1 is 1.16 bits per heavy atom.